The Labute approximate surface area is 141 Å². The van der Waals surface area contributed by atoms with Crippen LogP contribution < -0.4 is 5.32 Å². The summed E-state index contributed by atoms with van der Waals surface area (Å²) in [6.07, 6.45) is 4.47. The molecule has 0 radical (unpaired) electrons. The van der Waals surface area contributed by atoms with E-state index in [1.165, 1.54) is 0 Å². The summed E-state index contributed by atoms with van der Waals surface area (Å²) in [7, 11) is 3.50. The Morgan fingerprint density at radius 3 is 2.88 bits per heavy atom. The monoisotopic (exact) mass is 329 g/mol. The zero-order valence-corrected chi connectivity index (χ0v) is 14.0. The van der Waals surface area contributed by atoms with Crippen LogP contribution in [-0.2, 0) is 21.3 Å². The molecule has 1 aliphatic rings. The maximum Gasteiger partial charge on any atom is 0.253 e. The molecule has 1 amide bonds. The van der Waals surface area contributed by atoms with Crippen LogP contribution in [0.15, 0.2) is 42.9 Å². The Kier molecular flexibility index (Phi) is 5.27. The number of hydrogen-bond donors (Lipinski definition) is 1. The number of carbonyl (C=O) groups is 1. The molecule has 6 nitrogen and oxygen atoms in total. The van der Waals surface area contributed by atoms with Crippen LogP contribution >= 0.6 is 0 Å². The first-order chi connectivity index (χ1) is 11.7. The SMILES string of the molecule is CO[C@H](C(=O)N[C@@H]1CCO[C@H](c2cncn2C)C1)c1ccccc1. The maximum absolute atomic E-state index is 12.6. The summed E-state index contributed by atoms with van der Waals surface area (Å²) in [5.74, 6) is -0.112. The second kappa shape index (κ2) is 7.59. The number of carbonyl (C=O) groups excluding carboxylic acids is 1. The zero-order chi connectivity index (χ0) is 16.9. The number of aryl methyl sites for hydroxylation is 1. The van der Waals surface area contributed by atoms with Gasteiger partial charge in [0.05, 0.1) is 18.2 Å². The highest BCUT2D eigenvalue weighted by molar-refractivity contribution is 5.82. The number of nitrogens with one attached hydrogen (secondary N) is 1. The fraction of sp³-hybridized carbons (Fsp3) is 0.444. The van der Waals surface area contributed by atoms with Gasteiger partial charge in [-0.15, -0.1) is 0 Å². The quantitative estimate of drug-likeness (QED) is 0.913. The Morgan fingerprint density at radius 1 is 1.42 bits per heavy atom. The Hall–Kier alpha value is -2.18. The third-order valence-electron chi connectivity index (χ3n) is 4.39. The summed E-state index contributed by atoms with van der Waals surface area (Å²) in [6, 6.07) is 9.59. The molecule has 2 aromatic rings. The molecule has 3 rings (SSSR count). The summed E-state index contributed by atoms with van der Waals surface area (Å²) >= 11 is 0. The minimum absolute atomic E-state index is 0.0470. The number of aromatic nitrogens is 2. The van der Waals surface area contributed by atoms with Gasteiger partial charge in [0.25, 0.3) is 5.91 Å². The molecule has 6 heteroatoms. The van der Waals surface area contributed by atoms with E-state index in [9.17, 15) is 4.79 Å². The van der Waals surface area contributed by atoms with Gasteiger partial charge in [0.2, 0.25) is 0 Å². The molecule has 0 aliphatic carbocycles. The van der Waals surface area contributed by atoms with Crippen molar-refractivity contribution in [1.82, 2.24) is 14.9 Å². The highest BCUT2D eigenvalue weighted by Gasteiger charge is 2.29. The van der Waals surface area contributed by atoms with E-state index in [2.05, 4.69) is 10.3 Å². The summed E-state index contributed by atoms with van der Waals surface area (Å²) in [4.78, 5) is 16.7. The van der Waals surface area contributed by atoms with E-state index in [1.54, 1.807) is 13.4 Å². The third kappa shape index (κ3) is 3.66. The van der Waals surface area contributed by atoms with Crippen LogP contribution in [0.25, 0.3) is 0 Å². The molecule has 0 unspecified atom stereocenters. The van der Waals surface area contributed by atoms with Gasteiger partial charge in [0.1, 0.15) is 6.10 Å². The fourth-order valence-electron chi connectivity index (χ4n) is 3.11. The lowest BCUT2D eigenvalue weighted by molar-refractivity contribution is -0.133. The van der Waals surface area contributed by atoms with Gasteiger partial charge in [-0.05, 0) is 18.4 Å². The molecule has 1 N–H and O–H groups in total. The Morgan fingerprint density at radius 2 is 2.21 bits per heavy atom. The molecule has 1 aromatic carbocycles. The van der Waals surface area contributed by atoms with E-state index in [4.69, 9.17) is 9.47 Å². The molecule has 24 heavy (non-hydrogen) atoms. The molecule has 3 atom stereocenters. The van der Waals surface area contributed by atoms with Crippen LogP contribution in [0.3, 0.4) is 0 Å². The number of benzene rings is 1. The largest absolute Gasteiger partial charge is 0.372 e. The smallest absolute Gasteiger partial charge is 0.253 e. The van der Waals surface area contributed by atoms with E-state index < -0.39 is 6.10 Å². The predicted octanol–water partition coefficient (Wildman–Crippen LogP) is 2.14. The summed E-state index contributed by atoms with van der Waals surface area (Å²) in [5, 5.41) is 3.11. The van der Waals surface area contributed by atoms with E-state index in [0.717, 1.165) is 24.1 Å². The van der Waals surface area contributed by atoms with Crippen LogP contribution in [0.2, 0.25) is 0 Å². The second-order valence-electron chi connectivity index (χ2n) is 6.05. The summed E-state index contributed by atoms with van der Waals surface area (Å²) in [5.41, 5.74) is 1.88. The van der Waals surface area contributed by atoms with Gasteiger partial charge in [0.15, 0.2) is 6.10 Å². The normalized spacial score (nSPS) is 22.1. The van der Waals surface area contributed by atoms with Crippen molar-refractivity contribution in [2.45, 2.75) is 31.1 Å². The minimum atomic E-state index is -0.593. The number of amides is 1. The number of nitrogens with zero attached hydrogens (tertiary/aromatic N) is 2. The fourth-order valence-corrected chi connectivity index (χ4v) is 3.11. The molecule has 0 saturated carbocycles. The van der Waals surface area contributed by atoms with Crippen molar-refractivity contribution in [2.75, 3.05) is 13.7 Å². The van der Waals surface area contributed by atoms with Crippen molar-refractivity contribution >= 4 is 5.91 Å². The van der Waals surface area contributed by atoms with Gasteiger partial charge < -0.3 is 19.4 Å². The van der Waals surface area contributed by atoms with Gasteiger partial charge in [-0.3, -0.25) is 4.79 Å². The molecule has 1 fully saturated rings. The average molecular weight is 329 g/mol. The predicted molar refractivity (Wildman–Crippen MR) is 89.3 cm³/mol. The topological polar surface area (TPSA) is 65.4 Å². The van der Waals surface area contributed by atoms with Gasteiger partial charge in [0, 0.05) is 26.8 Å². The van der Waals surface area contributed by atoms with Crippen LogP contribution in [0, 0.1) is 0 Å². The lowest BCUT2D eigenvalue weighted by Crippen LogP contribution is -2.42. The van der Waals surface area contributed by atoms with Crippen molar-refractivity contribution in [2.24, 2.45) is 7.05 Å². The minimum Gasteiger partial charge on any atom is -0.372 e. The van der Waals surface area contributed by atoms with Crippen LogP contribution in [0.4, 0.5) is 0 Å². The van der Waals surface area contributed by atoms with Gasteiger partial charge >= 0.3 is 0 Å². The molecular formula is C18H23N3O3. The molecule has 1 aromatic heterocycles. The number of imidazole rings is 1. The molecule has 128 valence electrons. The molecule has 0 spiro atoms. The third-order valence-corrected chi connectivity index (χ3v) is 4.39. The first kappa shape index (κ1) is 16.7. The molecule has 1 saturated heterocycles. The van der Waals surface area contributed by atoms with E-state index in [-0.39, 0.29) is 18.1 Å². The first-order valence-electron chi connectivity index (χ1n) is 8.15. The lowest BCUT2D eigenvalue weighted by Gasteiger charge is -2.31. The molecule has 2 heterocycles. The van der Waals surface area contributed by atoms with Gasteiger partial charge in [-0.2, -0.15) is 0 Å². The molecule has 1 aliphatic heterocycles. The van der Waals surface area contributed by atoms with E-state index in [1.807, 2.05) is 48.1 Å². The van der Waals surface area contributed by atoms with E-state index in [0.29, 0.717) is 6.61 Å². The van der Waals surface area contributed by atoms with Crippen LogP contribution in [-0.4, -0.2) is 35.2 Å². The number of methoxy groups -OCH3 is 1. The first-order valence-corrected chi connectivity index (χ1v) is 8.15. The van der Waals surface area contributed by atoms with Crippen LogP contribution in [0.1, 0.15) is 36.3 Å². The van der Waals surface area contributed by atoms with Gasteiger partial charge in [-0.25, -0.2) is 4.98 Å². The van der Waals surface area contributed by atoms with Gasteiger partial charge in [-0.1, -0.05) is 30.3 Å². The van der Waals surface area contributed by atoms with Crippen molar-refractivity contribution in [3.8, 4) is 0 Å². The standard InChI is InChI=1S/C18H23N3O3/c1-21-12-19-11-15(21)16-10-14(8-9-24-16)20-18(22)17(23-2)13-6-4-3-5-7-13/h3-7,11-12,14,16-17H,8-10H2,1-2H3,(H,20,22)/t14-,16+,17+/m1/s1. The zero-order valence-electron chi connectivity index (χ0n) is 14.0. The van der Waals surface area contributed by atoms with Crippen LogP contribution in [0.5, 0.6) is 0 Å². The summed E-state index contributed by atoms with van der Waals surface area (Å²) in [6.45, 7) is 0.615. The Bertz CT molecular complexity index is 671. The van der Waals surface area contributed by atoms with Crippen molar-refractivity contribution in [1.29, 1.82) is 0 Å². The Balaban J connectivity index is 1.64. The number of ether oxygens (including phenoxy) is 2. The maximum atomic E-state index is 12.6. The van der Waals surface area contributed by atoms with Crippen molar-refractivity contribution in [3.63, 3.8) is 0 Å². The molecular weight excluding hydrogens is 306 g/mol. The number of rotatable bonds is 5. The average Bonchev–Trinajstić information content (AvgIpc) is 3.03. The van der Waals surface area contributed by atoms with E-state index >= 15 is 0 Å². The highest BCUT2D eigenvalue weighted by Crippen LogP contribution is 2.28. The lowest BCUT2D eigenvalue weighted by atomic mass is 10.00. The highest BCUT2D eigenvalue weighted by atomic mass is 16.5. The number of hydrogen-bond acceptors (Lipinski definition) is 4. The molecule has 0 bridgehead atoms. The summed E-state index contributed by atoms with van der Waals surface area (Å²) < 4.78 is 13.2. The van der Waals surface area contributed by atoms with Crippen molar-refractivity contribution in [3.05, 3.63) is 54.1 Å². The second-order valence-corrected chi connectivity index (χ2v) is 6.05. The van der Waals surface area contributed by atoms with Crippen molar-refractivity contribution < 1.29 is 14.3 Å².